The molecule has 0 unspecified atom stereocenters. The number of nitrogens with zero attached hydrogens (tertiary/aromatic N) is 3. The number of aromatic nitrogens is 3. The maximum atomic E-state index is 4.76. The van der Waals surface area contributed by atoms with Crippen molar-refractivity contribution in [3.05, 3.63) is 16.6 Å². The summed E-state index contributed by atoms with van der Waals surface area (Å²) in [6, 6.07) is 0.510. The van der Waals surface area contributed by atoms with Crippen LogP contribution in [0.3, 0.4) is 0 Å². The lowest BCUT2D eigenvalue weighted by atomic mass is 9.95. The van der Waals surface area contributed by atoms with Crippen LogP contribution in [0.4, 0.5) is 11.8 Å². The second kappa shape index (κ2) is 8.42. The zero-order valence-corrected chi connectivity index (χ0v) is 15.5. The minimum Gasteiger partial charge on any atom is -0.367 e. The van der Waals surface area contributed by atoms with Gasteiger partial charge in [-0.05, 0) is 26.2 Å². The molecule has 0 bridgehead atoms. The molecule has 1 fully saturated rings. The van der Waals surface area contributed by atoms with Gasteiger partial charge in [0.15, 0.2) is 0 Å². The van der Waals surface area contributed by atoms with Crippen molar-refractivity contribution in [1.29, 1.82) is 0 Å². The predicted octanol–water partition coefficient (Wildman–Crippen LogP) is 4.87. The van der Waals surface area contributed by atoms with Gasteiger partial charge in [-0.25, -0.2) is 9.97 Å². The fourth-order valence-electron chi connectivity index (χ4n) is 3.07. The Balaban J connectivity index is 1.83. The lowest BCUT2D eigenvalue weighted by Gasteiger charge is -2.24. The first-order chi connectivity index (χ1) is 11.8. The first-order valence-electron chi connectivity index (χ1n) is 9.06. The lowest BCUT2D eigenvalue weighted by molar-refractivity contribution is 0.462. The molecule has 0 aromatic carbocycles. The summed E-state index contributed by atoms with van der Waals surface area (Å²) in [5.74, 6) is 1.62. The molecule has 5 nitrogen and oxygen atoms in total. The van der Waals surface area contributed by atoms with Crippen LogP contribution in [0.2, 0.25) is 0 Å². The molecule has 1 aliphatic carbocycles. The topological polar surface area (TPSA) is 62.7 Å². The van der Waals surface area contributed by atoms with E-state index in [4.69, 9.17) is 4.98 Å². The van der Waals surface area contributed by atoms with E-state index in [1.165, 1.54) is 32.1 Å². The number of anilines is 2. The van der Waals surface area contributed by atoms with Crippen molar-refractivity contribution in [3.8, 4) is 11.3 Å². The molecule has 0 radical (unpaired) electrons. The van der Waals surface area contributed by atoms with Gasteiger partial charge in [0, 0.05) is 24.2 Å². The number of thiazole rings is 1. The highest BCUT2D eigenvalue weighted by atomic mass is 32.1. The van der Waals surface area contributed by atoms with Gasteiger partial charge in [0.05, 0.1) is 16.3 Å². The maximum absolute atomic E-state index is 4.76. The Morgan fingerprint density at radius 2 is 2.04 bits per heavy atom. The van der Waals surface area contributed by atoms with E-state index >= 15 is 0 Å². The smallest absolute Gasteiger partial charge is 0.224 e. The van der Waals surface area contributed by atoms with Gasteiger partial charge in [0.2, 0.25) is 5.95 Å². The Labute approximate surface area is 148 Å². The van der Waals surface area contributed by atoms with Crippen LogP contribution in [0, 0.1) is 6.92 Å². The molecule has 0 atom stereocenters. The molecule has 2 aromatic heterocycles. The molecular weight excluding hydrogens is 318 g/mol. The minimum atomic E-state index is 0.510. The van der Waals surface area contributed by atoms with Crippen LogP contribution in [0.25, 0.3) is 11.3 Å². The highest BCUT2D eigenvalue weighted by molar-refractivity contribution is 7.09. The zero-order valence-electron chi connectivity index (χ0n) is 14.6. The van der Waals surface area contributed by atoms with Crippen LogP contribution in [0.5, 0.6) is 0 Å². The highest BCUT2D eigenvalue weighted by Gasteiger charge is 2.18. The predicted molar refractivity (Wildman–Crippen MR) is 102 cm³/mol. The summed E-state index contributed by atoms with van der Waals surface area (Å²) in [7, 11) is 0. The Morgan fingerprint density at radius 3 is 2.75 bits per heavy atom. The molecule has 2 aromatic rings. The summed E-state index contributed by atoms with van der Waals surface area (Å²) in [5.41, 5.74) is 1.97. The number of aryl methyl sites for hydroxylation is 1. The second-order valence-corrected chi connectivity index (χ2v) is 7.53. The van der Waals surface area contributed by atoms with Gasteiger partial charge in [-0.15, -0.1) is 11.3 Å². The zero-order chi connectivity index (χ0) is 16.8. The van der Waals surface area contributed by atoms with E-state index in [-0.39, 0.29) is 0 Å². The van der Waals surface area contributed by atoms with Crippen molar-refractivity contribution in [2.45, 2.75) is 64.8 Å². The minimum absolute atomic E-state index is 0.510. The molecule has 1 saturated carbocycles. The average Bonchev–Trinajstić information content (AvgIpc) is 3.02. The largest absolute Gasteiger partial charge is 0.367 e. The van der Waals surface area contributed by atoms with E-state index in [0.29, 0.717) is 12.0 Å². The van der Waals surface area contributed by atoms with Gasteiger partial charge in [-0.1, -0.05) is 32.6 Å². The second-order valence-electron chi connectivity index (χ2n) is 6.47. The molecule has 1 aliphatic rings. The Kier molecular flexibility index (Phi) is 6.01. The van der Waals surface area contributed by atoms with E-state index in [1.54, 1.807) is 11.3 Å². The molecule has 2 heterocycles. The summed E-state index contributed by atoms with van der Waals surface area (Å²) < 4.78 is 0. The van der Waals surface area contributed by atoms with Crippen molar-refractivity contribution in [2.75, 3.05) is 17.2 Å². The number of hydrogen-bond donors (Lipinski definition) is 2. The monoisotopic (exact) mass is 345 g/mol. The van der Waals surface area contributed by atoms with Crippen molar-refractivity contribution in [1.82, 2.24) is 15.0 Å². The van der Waals surface area contributed by atoms with Crippen LogP contribution < -0.4 is 10.6 Å². The Morgan fingerprint density at radius 1 is 1.21 bits per heavy atom. The van der Waals surface area contributed by atoms with Crippen LogP contribution in [-0.4, -0.2) is 27.5 Å². The fourth-order valence-corrected chi connectivity index (χ4v) is 3.68. The molecule has 6 heteroatoms. The summed E-state index contributed by atoms with van der Waals surface area (Å²) >= 11 is 1.67. The highest BCUT2D eigenvalue weighted by Crippen LogP contribution is 2.30. The first-order valence-corrected chi connectivity index (χ1v) is 9.94. The summed E-state index contributed by atoms with van der Waals surface area (Å²) in [4.78, 5) is 13.9. The van der Waals surface area contributed by atoms with Crippen molar-refractivity contribution in [3.63, 3.8) is 0 Å². The Hall–Kier alpha value is -1.69. The number of hydrogen-bond acceptors (Lipinski definition) is 6. The van der Waals surface area contributed by atoms with Crippen LogP contribution in [0.15, 0.2) is 11.6 Å². The van der Waals surface area contributed by atoms with Gasteiger partial charge in [-0.2, -0.15) is 4.98 Å². The van der Waals surface area contributed by atoms with Gasteiger partial charge in [-0.3, -0.25) is 0 Å². The van der Waals surface area contributed by atoms with Crippen LogP contribution in [-0.2, 0) is 0 Å². The first kappa shape index (κ1) is 17.1. The third kappa shape index (κ3) is 4.44. The Bertz CT molecular complexity index is 649. The summed E-state index contributed by atoms with van der Waals surface area (Å²) in [5, 5.41) is 10.1. The van der Waals surface area contributed by atoms with Crippen LogP contribution in [0.1, 0.15) is 56.9 Å². The standard InChI is InChI=1S/C18H27N5S/c1-3-4-10-19-18-20-11-15(16-12-24-13(2)21-16)17(23-18)22-14-8-6-5-7-9-14/h11-12,14H,3-10H2,1-2H3,(H2,19,20,22,23). The number of rotatable bonds is 7. The molecule has 0 amide bonds. The number of nitrogens with one attached hydrogen (secondary N) is 2. The molecule has 0 saturated heterocycles. The van der Waals surface area contributed by atoms with Gasteiger partial charge >= 0.3 is 0 Å². The van der Waals surface area contributed by atoms with E-state index < -0.39 is 0 Å². The average molecular weight is 346 g/mol. The molecule has 2 N–H and O–H groups in total. The third-order valence-corrected chi connectivity index (χ3v) is 5.22. The summed E-state index contributed by atoms with van der Waals surface area (Å²) in [6.07, 6.45) is 10.6. The van der Waals surface area contributed by atoms with Crippen molar-refractivity contribution >= 4 is 23.1 Å². The van der Waals surface area contributed by atoms with Gasteiger partial charge in [0.25, 0.3) is 0 Å². The van der Waals surface area contributed by atoms with Crippen LogP contribution >= 0.6 is 11.3 Å². The molecule has 3 rings (SSSR count). The molecule has 0 aliphatic heterocycles. The van der Waals surface area contributed by atoms with Gasteiger partial charge in [0.1, 0.15) is 5.82 Å². The molecule has 0 spiro atoms. The van der Waals surface area contributed by atoms with E-state index in [2.05, 4.69) is 32.9 Å². The molecule has 24 heavy (non-hydrogen) atoms. The SMILES string of the molecule is CCCCNc1ncc(-c2csc(C)n2)c(NC2CCCCC2)n1. The quantitative estimate of drug-likeness (QED) is 0.701. The third-order valence-electron chi connectivity index (χ3n) is 4.44. The molecular formula is C18H27N5S. The lowest BCUT2D eigenvalue weighted by Crippen LogP contribution is -2.23. The van der Waals surface area contributed by atoms with Crippen molar-refractivity contribution < 1.29 is 0 Å². The fraction of sp³-hybridized carbons (Fsp3) is 0.611. The number of unbranched alkanes of at least 4 members (excludes halogenated alkanes) is 1. The van der Waals surface area contributed by atoms with E-state index in [0.717, 1.165) is 41.5 Å². The van der Waals surface area contributed by atoms with E-state index in [1.807, 2.05) is 13.1 Å². The van der Waals surface area contributed by atoms with Gasteiger partial charge < -0.3 is 10.6 Å². The van der Waals surface area contributed by atoms with E-state index in [9.17, 15) is 0 Å². The normalized spacial score (nSPS) is 15.4. The van der Waals surface area contributed by atoms with Crippen molar-refractivity contribution in [2.24, 2.45) is 0 Å². The summed E-state index contributed by atoms with van der Waals surface area (Å²) in [6.45, 7) is 5.13. The maximum Gasteiger partial charge on any atom is 0.224 e. The molecule has 130 valence electrons.